The van der Waals surface area contributed by atoms with Crippen molar-refractivity contribution in [2.24, 2.45) is 5.41 Å². The summed E-state index contributed by atoms with van der Waals surface area (Å²) in [5, 5.41) is 5.23. The van der Waals surface area contributed by atoms with E-state index in [0.717, 1.165) is 11.3 Å². The van der Waals surface area contributed by atoms with E-state index in [2.05, 4.69) is 20.4 Å². The first kappa shape index (κ1) is 15.6. The summed E-state index contributed by atoms with van der Waals surface area (Å²) in [4.78, 5) is 39.5. The number of anilines is 1. The molecule has 0 fully saturated rings. The van der Waals surface area contributed by atoms with Gasteiger partial charge in [-0.05, 0) is 18.9 Å². The molecule has 1 heterocycles. The predicted molar refractivity (Wildman–Crippen MR) is 77.6 cm³/mol. The van der Waals surface area contributed by atoms with Crippen molar-refractivity contribution in [1.29, 1.82) is 0 Å². The molecule has 0 aromatic carbocycles. The van der Waals surface area contributed by atoms with Crippen LogP contribution in [0, 0.1) is 5.41 Å². The summed E-state index contributed by atoms with van der Waals surface area (Å²) in [6, 6.07) is 0. The van der Waals surface area contributed by atoms with Gasteiger partial charge in [-0.2, -0.15) is 0 Å². The van der Waals surface area contributed by atoms with Gasteiger partial charge in [0.1, 0.15) is 0 Å². The molecular formula is C13H17N3O4S. The van der Waals surface area contributed by atoms with E-state index in [9.17, 15) is 14.4 Å². The van der Waals surface area contributed by atoms with E-state index < -0.39 is 12.1 Å². The topological polar surface area (TPSA) is 97.4 Å². The fraction of sp³-hybridized carbons (Fsp3) is 0.538. The molecule has 2 N–H and O–H groups in total. The molecular weight excluding hydrogens is 294 g/mol. The van der Waals surface area contributed by atoms with Crippen molar-refractivity contribution in [3.63, 3.8) is 0 Å². The van der Waals surface area contributed by atoms with Crippen LogP contribution in [0.15, 0.2) is 0 Å². The Bertz CT molecular complexity index is 594. The molecule has 0 spiro atoms. The zero-order valence-corrected chi connectivity index (χ0v) is 12.9. The summed E-state index contributed by atoms with van der Waals surface area (Å²) in [5.74, 6) is -0.653. The van der Waals surface area contributed by atoms with Gasteiger partial charge in [-0.25, -0.2) is 9.78 Å². The molecule has 1 aliphatic carbocycles. The normalized spacial score (nSPS) is 16.2. The Morgan fingerprint density at radius 2 is 2.10 bits per heavy atom. The summed E-state index contributed by atoms with van der Waals surface area (Å²) in [6.45, 7) is 3.95. The SMILES string of the molecule is CNCC(=O)OC(=O)Nc1nc2c(s1)C(=O)CC(C)(C)C2. The quantitative estimate of drug-likeness (QED) is 0.650. The van der Waals surface area contributed by atoms with E-state index in [1.54, 1.807) is 7.05 Å². The number of ether oxygens (including phenoxy) is 1. The number of nitrogens with zero attached hydrogens (tertiary/aromatic N) is 1. The molecule has 2 rings (SSSR count). The van der Waals surface area contributed by atoms with Crippen LogP contribution in [-0.4, -0.2) is 36.4 Å². The van der Waals surface area contributed by atoms with Crippen molar-refractivity contribution in [2.75, 3.05) is 18.9 Å². The number of carbonyl (C=O) groups excluding carboxylic acids is 3. The van der Waals surface area contributed by atoms with Gasteiger partial charge >= 0.3 is 12.1 Å². The van der Waals surface area contributed by atoms with Gasteiger partial charge in [0.15, 0.2) is 10.9 Å². The van der Waals surface area contributed by atoms with E-state index in [0.29, 0.717) is 23.4 Å². The zero-order chi connectivity index (χ0) is 15.6. The Balaban J connectivity index is 2.05. The molecule has 0 unspecified atom stereocenters. The molecule has 1 aromatic heterocycles. The van der Waals surface area contributed by atoms with Crippen molar-refractivity contribution in [3.8, 4) is 0 Å². The van der Waals surface area contributed by atoms with Gasteiger partial charge in [0.05, 0.1) is 17.1 Å². The van der Waals surface area contributed by atoms with Crippen molar-refractivity contribution in [1.82, 2.24) is 10.3 Å². The minimum atomic E-state index is -0.895. The fourth-order valence-electron chi connectivity index (χ4n) is 2.17. The lowest BCUT2D eigenvalue weighted by atomic mass is 9.78. The van der Waals surface area contributed by atoms with Gasteiger partial charge in [0, 0.05) is 6.42 Å². The molecule has 0 atom stereocenters. The number of esters is 1. The van der Waals surface area contributed by atoms with Crippen molar-refractivity contribution < 1.29 is 19.1 Å². The highest BCUT2D eigenvalue weighted by molar-refractivity contribution is 7.17. The van der Waals surface area contributed by atoms with E-state index in [4.69, 9.17) is 0 Å². The van der Waals surface area contributed by atoms with Gasteiger partial charge < -0.3 is 10.1 Å². The maximum Gasteiger partial charge on any atom is 0.421 e. The largest absolute Gasteiger partial charge is 0.421 e. The van der Waals surface area contributed by atoms with Crippen LogP contribution in [-0.2, 0) is 16.0 Å². The number of amides is 1. The lowest BCUT2D eigenvalue weighted by Crippen LogP contribution is -2.26. The van der Waals surface area contributed by atoms with E-state index in [1.807, 2.05) is 13.8 Å². The van der Waals surface area contributed by atoms with Crippen LogP contribution in [0.5, 0.6) is 0 Å². The highest BCUT2D eigenvalue weighted by Gasteiger charge is 2.34. The molecule has 7 nitrogen and oxygen atoms in total. The van der Waals surface area contributed by atoms with Crippen LogP contribution in [0.2, 0.25) is 0 Å². The summed E-state index contributed by atoms with van der Waals surface area (Å²) in [7, 11) is 1.57. The number of rotatable bonds is 3. The smallest absolute Gasteiger partial charge is 0.375 e. The molecule has 0 aliphatic heterocycles. The third-order valence-electron chi connectivity index (χ3n) is 2.97. The molecule has 114 valence electrons. The molecule has 21 heavy (non-hydrogen) atoms. The fourth-order valence-corrected chi connectivity index (χ4v) is 3.08. The maximum absolute atomic E-state index is 12.0. The minimum Gasteiger partial charge on any atom is -0.375 e. The average molecular weight is 311 g/mol. The van der Waals surface area contributed by atoms with Gasteiger partial charge in [-0.1, -0.05) is 25.2 Å². The Kier molecular flexibility index (Phi) is 4.38. The Morgan fingerprint density at radius 1 is 1.38 bits per heavy atom. The molecule has 0 bridgehead atoms. The van der Waals surface area contributed by atoms with Crippen LogP contribution in [0.1, 0.15) is 35.6 Å². The Hall–Kier alpha value is -1.80. The number of Topliss-reactive ketones (excluding diaryl/α,β-unsaturated/α-hetero) is 1. The number of thiazole rings is 1. The number of carbonyl (C=O) groups is 3. The van der Waals surface area contributed by atoms with Crippen LogP contribution in [0.3, 0.4) is 0 Å². The van der Waals surface area contributed by atoms with Gasteiger partial charge in [0.25, 0.3) is 0 Å². The second-order valence-electron chi connectivity index (χ2n) is 5.65. The third-order valence-corrected chi connectivity index (χ3v) is 4.03. The van der Waals surface area contributed by atoms with Crippen LogP contribution < -0.4 is 10.6 Å². The number of likely N-dealkylation sites (N-methyl/N-ethyl adjacent to an activating group) is 1. The highest BCUT2D eigenvalue weighted by Crippen LogP contribution is 2.38. The minimum absolute atomic E-state index is 0.0337. The summed E-state index contributed by atoms with van der Waals surface area (Å²) in [5.41, 5.74) is 0.566. The Morgan fingerprint density at radius 3 is 2.76 bits per heavy atom. The Labute approximate surface area is 126 Å². The maximum atomic E-state index is 12.0. The third kappa shape index (κ3) is 3.85. The molecule has 8 heteroatoms. The molecule has 0 saturated carbocycles. The number of nitrogens with one attached hydrogen (secondary N) is 2. The summed E-state index contributed by atoms with van der Waals surface area (Å²) < 4.78 is 4.52. The number of aromatic nitrogens is 1. The average Bonchev–Trinajstić information content (AvgIpc) is 2.69. The van der Waals surface area contributed by atoms with Gasteiger partial charge in [-0.3, -0.25) is 14.9 Å². The van der Waals surface area contributed by atoms with Crippen molar-refractivity contribution >= 4 is 34.3 Å². The second kappa shape index (κ2) is 5.90. The molecule has 1 amide bonds. The number of ketones is 1. The number of hydrogen-bond donors (Lipinski definition) is 2. The van der Waals surface area contributed by atoms with Crippen LogP contribution >= 0.6 is 11.3 Å². The lowest BCUT2D eigenvalue weighted by molar-refractivity contribution is -0.135. The van der Waals surface area contributed by atoms with Crippen LogP contribution in [0.4, 0.5) is 9.93 Å². The first-order chi connectivity index (χ1) is 9.80. The molecule has 0 saturated heterocycles. The lowest BCUT2D eigenvalue weighted by Gasteiger charge is -2.26. The summed E-state index contributed by atoms with van der Waals surface area (Å²) >= 11 is 1.11. The van der Waals surface area contributed by atoms with E-state index in [1.165, 1.54) is 0 Å². The summed E-state index contributed by atoms with van der Waals surface area (Å²) in [6.07, 6.45) is 0.250. The van der Waals surface area contributed by atoms with Crippen molar-refractivity contribution in [2.45, 2.75) is 26.7 Å². The van der Waals surface area contributed by atoms with Crippen molar-refractivity contribution in [3.05, 3.63) is 10.6 Å². The first-order valence-electron chi connectivity index (χ1n) is 6.50. The van der Waals surface area contributed by atoms with E-state index >= 15 is 0 Å². The predicted octanol–water partition coefficient (Wildman–Crippen LogP) is 1.59. The van der Waals surface area contributed by atoms with Gasteiger partial charge in [-0.15, -0.1) is 0 Å². The number of fused-ring (bicyclic) bond motifs is 1. The second-order valence-corrected chi connectivity index (χ2v) is 6.65. The zero-order valence-electron chi connectivity index (χ0n) is 12.1. The molecule has 1 aromatic rings. The van der Waals surface area contributed by atoms with E-state index in [-0.39, 0.29) is 22.9 Å². The number of hydrogen-bond acceptors (Lipinski definition) is 7. The standard InChI is InChI=1S/C13H17N3O4S/c1-13(2)4-7-10(8(17)5-13)21-11(15-7)16-12(19)20-9(18)6-14-3/h14H,4-6H2,1-3H3,(H,15,16,19). The first-order valence-corrected chi connectivity index (χ1v) is 7.31. The highest BCUT2D eigenvalue weighted by atomic mass is 32.1. The van der Waals surface area contributed by atoms with Gasteiger partial charge in [0.2, 0.25) is 0 Å². The monoisotopic (exact) mass is 311 g/mol. The molecule has 1 aliphatic rings. The molecule has 0 radical (unpaired) electrons. The van der Waals surface area contributed by atoms with Crippen LogP contribution in [0.25, 0.3) is 0 Å².